The average molecular weight is 347 g/mol. The lowest BCUT2D eigenvalue weighted by molar-refractivity contribution is 0.391. The molecule has 3 rings (SSSR count). The van der Waals surface area contributed by atoms with Crippen molar-refractivity contribution in [3.05, 3.63) is 35.7 Å². The number of nitrogens with one attached hydrogen (secondary N) is 1. The number of benzene rings is 1. The molecule has 6 nitrogen and oxygen atoms in total. The third kappa shape index (κ3) is 4.29. The van der Waals surface area contributed by atoms with Gasteiger partial charge in [0, 0.05) is 12.1 Å². The van der Waals surface area contributed by atoms with Crippen LogP contribution in [-0.4, -0.2) is 26.9 Å². The molecule has 0 saturated heterocycles. The molecular formula is C15H17N5OS2. The van der Waals surface area contributed by atoms with Gasteiger partial charge in [-0.05, 0) is 13.3 Å². The quantitative estimate of drug-likeness (QED) is 0.647. The van der Waals surface area contributed by atoms with Gasteiger partial charge in [-0.2, -0.15) is 4.98 Å². The summed E-state index contributed by atoms with van der Waals surface area (Å²) in [7, 11) is 0. The number of thioether (sulfide) groups is 1. The average Bonchev–Trinajstić information content (AvgIpc) is 3.21. The number of aromatic nitrogens is 4. The lowest BCUT2D eigenvalue weighted by Gasteiger charge is -1.95. The molecule has 8 heteroatoms. The molecule has 0 aliphatic carbocycles. The topological polar surface area (TPSA) is 76.7 Å². The van der Waals surface area contributed by atoms with Crippen LogP contribution in [0.2, 0.25) is 0 Å². The van der Waals surface area contributed by atoms with E-state index in [1.165, 1.54) is 16.9 Å². The van der Waals surface area contributed by atoms with E-state index < -0.39 is 0 Å². The van der Waals surface area contributed by atoms with Crippen LogP contribution in [0, 0.1) is 6.92 Å². The summed E-state index contributed by atoms with van der Waals surface area (Å²) in [5.74, 6) is 1.79. The SMILES string of the molecule is CCCNc1nnc(SCc2nc(-c3ccc(C)cc3)no2)s1. The number of nitrogens with zero attached hydrogens (tertiary/aromatic N) is 4. The van der Waals surface area contributed by atoms with Gasteiger partial charge in [-0.3, -0.25) is 0 Å². The van der Waals surface area contributed by atoms with Crippen LogP contribution < -0.4 is 5.32 Å². The number of aryl methyl sites for hydroxylation is 1. The van der Waals surface area contributed by atoms with Crippen molar-refractivity contribution in [3.63, 3.8) is 0 Å². The summed E-state index contributed by atoms with van der Waals surface area (Å²) in [5.41, 5.74) is 2.16. The van der Waals surface area contributed by atoms with E-state index in [0.29, 0.717) is 17.5 Å². The Bertz CT molecular complexity index is 753. The van der Waals surface area contributed by atoms with Crippen molar-refractivity contribution in [2.45, 2.75) is 30.4 Å². The van der Waals surface area contributed by atoms with Crippen LogP contribution in [0.1, 0.15) is 24.8 Å². The molecule has 0 unspecified atom stereocenters. The maximum atomic E-state index is 5.30. The first-order chi connectivity index (χ1) is 11.2. The van der Waals surface area contributed by atoms with E-state index >= 15 is 0 Å². The van der Waals surface area contributed by atoms with Gasteiger partial charge in [-0.1, -0.05) is 65.0 Å². The zero-order valence-corrected chi connectivity index (χ0v) is 14.6. The largest absolute Gasteiger partial charge is 0.360 e. The Balaban J connectivity index is 1.58. The second-order valence-corrected chi connectivity index (χ2v) is 7.17. The molecule has 0 bridgehead atoms. The summed E-state index contributed by atoms with van der Waals surface area (Å²) < 4.78 is 6.19. The van der Waals surface area contributed by atoms with E-state index in [2.05, 4.69) is 32.6 Å². The maximum absolute atomic E-state index is 5.30. The molecule has 3 aromatic rings. The van der Waals surface area contributed by atoms with Crippen molar-refractivity contribution in [2.24, 2.45) is 0 Å². The fourth-order valence-electron chi connectivity index (χ4n) is 1.83. The van der Waals surface area contributed by atoms with Gasteiger partial charge in [0.25, 0.3) is 0 Å². The molecule has 1 N–H and O–H groups in total. The molecule has 0 radical (unpaired) electrons. The van der Waals surface area contributed by atoms with Crippen LogP contribution in [0.15, 0.2) is 33.1 Å². The highest BCUT2D eigenvalue weighted by molar-refractivity contribution is 8.00. The molecule has 1 aromatic carbocycles. The molecule has 2 aromatic heterocycles. The van der Waals surface area contributed by atoms with Crippen molar-refractivity contribution in [1.82, 2.24) is 20.3 Å². The van der Waals surface area contributed by atoms with Gasteiger partial charge in [-0.15, -0.1) is 10.2 Å². The van der Waals surface area contributed by atoms with Gasteiger partial charge in [0.1, 0.15) is 0 Å². The third-order valence-electron chi connectivity index (χ3n) is 3.03. The van der Waals surface area contributed by atoms with Gasteiger partial charge < -0.3 is 9.84 Å². The van der Waals surface area contributed by atoms with Crippen molar-refractivity contribution >= 4 is 28.2 Å². The van der Waals surface area contributed by atoms with Crippen molar-refractivity contribution < 1.29 is 4.52 Å². The zero-order valence-electron chi connectivity index (χ0n) is 12.9. The third-order valence-corrected chi connectivity index (χ3v) is 5.03. The Hall–Kier alpha value is -1.93. The Morgan fingerprint density at radius 3 is 2.83 bits per heavy atom. The van der Waals surface area contributed by atoms with E-state index in [-0.39, 0.29) is 0 Å². The first-order valence-corrected chi connectivity index (χ1v) is 9.14. The monoisotopic (exact) mass is 347 g/mol. The van der Waals surface area contributed by atoms with Crippen LogP contribution in [0.5, 0.6) is 0 Å². The Morgan fingerprint density at radius 1 is 1.22 bits per heavy atom. The van der Waals surface area contributed by atoms with E-state index in [9.17, 15) is 0 Å². The van der Waals surface area contributed by atoms with Crippen LogP contribution in [-0.2, 0) is 5.75 Å². The number of hydrogen-bond donors (Lipinski definition) is 1. The molecule has 2 heterocycles. The van der Waals surface area contributed by atoms with E-state index in [4.69, 9.17) is 4.52 Å². The predicted molar refractivity (Wildman–Crippen MR) is 92.7 cm³/mol. The summed E-state index contributed by atoms with van der Waals surface area (Å²) in [5, 5.41) is 16.3. The molecule has 120 valence electrons. The first kappa shape index (κ1) is 15.9. The number of hydrogen-bond acceptors (Lipinski definition) is 8. The molecule has 0 aliphatic rings. The summed E-state index contributed by atoms with van der Waals surface area (Å²) in [4.78, 5) is 4.42. The minimum atomic E-state index is 0.585. The highest BCUT2D eigenvalue weighted by Gasteiger charge is 2.11. The summed E-state index contributed by atoms with van der Waals surface area (Å²) in [6, 6.07) is 8.05. The lowest BCUT2D eigenvalue weighted by atomic mass is 10.1. The molecule has 0 spiro atoms. The fourth-order valence-corrected chi connectivity index (χ4v) is 3.44. The Kier molecular flexibility index (Phi) is 5.24. The van der Waals surface area contributed by atoms with Gasteiger partial charge in [0.2, 0.25) is 16.8 Å². The highest BCUT2D eigenvalue weighted by atomic mass is 32.2. The molecule has 0 aliphatic heterocycles. The van der Waals surface area contributed by atoms with E-state index in [1.807, 2.05) is 31.2 Å². The fraction of sp³-hybridized carbons (Fsp3) is 0.333. The zero-order chi connectivity index (χ0) is 16.1. The predicted octanol–water partition coefficient (Wildman–Crippen LogP) is 4.01. The molecule has 23 heavy (non-hydrogen) atoms. The van der Waals surface area contributed by atoms with Crippen molar-refractivity contribution in [2.75, 3.05) is 11.9 Å². The van der Waals surface area contributed by atoms with Gasteiger partial charge >= 0.3 is 0 Å². The van der Waals surface area contributed by atoms with Crippen LogP contribution in [0.3, 0.4) is 0 Å². The minimum Gasteiger partial charge on any atom is -0.360 e. The summed E-state index contributed by atoms with van der Waals surface area (Å²) in [6.45, 7) is 5.07. The van der Waals surface area contributed by atoms with E-state index in [1.54, 1.807) is 11.8 Å². The van der Waals surface area contributed by atoms with Crippen LogP contribution >= 0.6 is 23.1 Å². The molecule has 0 fully saturated rings. The lowest BCUT2D eigenvalue weighted by Crippen LogP contribution is -1.98. The van der Waals surface area contributed by atoms with Crippen molar-refractivity contribution in [3.8, 4) is 11.4 Å². The minimum absolute atomic E-state index is 0.585. The second kappa shape index (κ2) is 7.56. The normalized spacial score (nSPS) is 10.9. The van der Waals surface area contributed by atoms with Crippen molar-refractivity contribution in [1.29, 1.82) is 0 Å². The highest BCUT2D eigenvalue weighted by Crippen LogP contribution is 2.28. The van der Waals surface area contributed by atoms with Gasteiger partial charge in [-0.25, -0.2) is 0 Å². The summed E-state index contributed by atoms with van der Waals surface area (Å²) in [6.07, 6.45) is 1.06. The summed E-state index contributed by atoms with van der Waals surface area (Å²) >= 11 is 3.08. The molecule has 0 atom stereocenters. The van der Waals surface area contributed by atoms with Crippen LogP contribution in [0.25, 0.3) is 11.4 Å². The number of rotatable bonds is 7. The second-order valence-electron chi connectivity index (χ2n) is 4.97. The first-order valence-electron chi connectivity index (χ1n) is 7.34. The maximum Gasteiger partial charge on any atom is 0.237 e. The van der Waals surface area contributed by atoms with Crippen LogP contribution in [0.4, 0.5) is 5.13 Å². The molecular weight excluding hydrogens is 330 g/mol. The number of anilines is 1. The Labute approximate surface area is 142 Å². The van der Waals surface area contributed by atoms with Gasteiger partial charge in [0.15, 0.2) is 4.34 Å². The smallest absolute Gasteiger partial charge is 0.237 e. The molecule has 0 amide bonds. The molecule has 0 saturated carbocycles. The Morgan fingerprint density at radius 2 is 2.04 bits per heavy atom. The van der Waals surface area contributed by atoms with Gasteiger partial charge in [0.05, 0.1) is 5.75 Å². The standard InChI is InChI=1S/C15H17N5OS2/c1-3-8-16-14-18-19-15(23-14)22-9-12-17-13(20-21-12)11-6-4-10(2)5-7-11/h4-7H,3,8-9H2,1-2H3,(H,16,18). The van der Waals surface area contributed by atoms with E-state index in [0.717, 1.165) is 28.0 Å².